The molecule has 0 bridgehead atoms. The van der Waals surface area contributed by atoms with E-state index in [-0.39, 0.29) is 5.96 Å². The van der Waals surface area contributed by atoms with Gasteiger partial charge in [0.15, 0.2) is 0 Å². The molecule has 1 aromatic carbocycles. The second-order valence-electron chi connectivity index (χ2n) is 5.62. The van der Waals surface area contributed by atoms with Crippen molar-refractivity contribution in [1.82, 2.24) is 10.4 Å². The molecule has 0 atom stereocenters. The number of benzene rings is 1. The highest BCUT2D eigenvalue weighted by Gasteiger charge is 2.30. The average molecular weight is 358 g/mol. The van der Waals surface area contributed by atoms with Gasteiger partial charge in [-0.05, 0) is 24.5 Å². The maximum Gasteiger partial charge on any atom is 0.362 e. The maximum atomic E-state index is 12.8. The lowest BCUT2D eigenvalue weighted by atomic mass is 10.1. The molecule has 2 heterocycles. The van der Waals surface area contributed by atoms with Crippen LogP contribution in [0, 0.1) is 6.92 Å². The predicted molar refractivity (Wildman–Crippen MR) is 91.9 cm³/mol. The number of amides is 2. The third-order valence-electron chi connectivity index (χ3n) is 3.85. The van der Waals surface area contributed by atoms with Gasteiger partial charge < -0.3 is 9.68 Å². The van der Waals surface area contributed by atoms with E-state index in [2.05, 4.69) is 10.3 Å². The number of rotatable bonds is 2. The Balaban J connectivity index is 2.03. The number of aryl methyl sites for hydroxylation is 2. The summed E-state index contributed by atoms with van der Waals surface area (Å²) in [4.78, 5) is 51.0. The Morgan fingerprint density at radius 3 is 2.62 bits per heavy atom. The number of fused-ring (bicyclic) bond motifs is 1. The fourth-order valence-electron chi connectivity index (χ4n) is 2.65. The highest BCUT2D eigenvalue weighted by molar-refractivity contribution is 6.05. The van der Waals surface area contributed by atoms with E-state index in [1.54, 1.807) is 0 Å². The summed E-state index contributed by atoms with van der Waals surface area (Å²) in [5, 5.41) is 4.57. The fourth-order valence-corrected chi connectivity index (χ4v) is 2.65. The van der Waals surface area contributed by atoms with Gasteiger partial charge in [-0.15, -0.1) is 5.06 Å². The minimum absolute atomic E-state index is 0.0753. The van der Waals surface area contributed by atoms with Crippen molar-refractivity contribution in [1.29, 1.82) is 0 Å². The van der Waals surface area contributed by atoms with Crippen LogP contribution in [-0.4, -0.2) is 42.1 Å². The van der Waals surface area contributed by atoms with Crippen LogP contribution in [0.4, 0.5) is 10.5 Å². The van der Waals surface area contributed by atoms with E-state index in [9.17, 15) is 14.4 Å². The molecule has 0 fully saturated rings. The number of urea groups is 1. The number of hydrogen-bond donors (Lipinski definition) is 1. The van der Waals surface area contributed by atoms with Gasteiger partial charge in [0.25, 0.3) is 0 Å². The fraction of sp³-hybridized carbons (Fsp3) is 0.294. The van der Waals surface area contributed by atoms with Gasteiger partial charge in [-0.25, -0.2) is 19.4 Å². The molecule has 0 aliphatic carbocycles. The number of carbonyl (C=O) groups excluding carboxylic acids is 3. The molecule has 2 amide bonds. The second-order valence-corrected chi connectivity index (χ2v) is 5.62. The summed E-state index contributed by atoms with van der Waals surface area (Å²) in [5.74, 6) is -1.58. The molecule has 0 saturated carbocycles. The van der Waals surface area contributed by atoms with Crippen LogP contribution in [-0.2, 0) is 25.7 Å². The van der Waals surface area contributed by atoms with E-state index in [4.69, 9.17) is 9.68 Å². The molecule has 0 unspecified atom stereocenters. The molecule has 0 radical (unpaired) electrons. The third kappa shape index (κ3) is 3.51. The van der Waals surface area contributed by atoms with Gasteiger partial charge in [0, 0.05) is 12.2 Å². The van der Waals surface area contributed by atoms with E-state index in [1.807, 2.05) is 32.0 Å². The summed E-state index contributed by atoms with van der Waals surface area (Å²) in [6.45, 7) is 4.40. The van der Waals surface area contributed by atoms with Gasteiger partial charge in [-0.2, -0.15) is 5.06 Å². The number of nitrogens with zero attached hydrogens (tertiary/aromatic N) is 3. The summed E-state index contributed by atoms with van der Waals surface area (Å²) in [7, 11) is 0. The van der Waals surface area contributed by atoms with Crippen LogP contribution in [0.25, 0.3) is 0 Å². The first kappa shape index (κ1) is 17.5. The standard InChI is InChI=1S/C17H18N4O5/c1-3-12-6-4-5-11(2)15(12)21-17(24)19-16-18-9-10-20(16)25-13(22)7-8-14(23)26-21/h4-8H,3,9-10H2,1-2H3,(H,18,19,24)/b8-7+. The number of para-hydroxylation sites is 1. The first-order valence-corrected chi connectivity index (χ1v) is 8.13. The lowest BCUT2D eigenvalue weighted by Crippen LogP contribution is -2.49. The van der Waals surface area contributed by atoms with Crippen LogP contribution in [0.2, 0.25) is 0 Å². The molecule has 0 saturated heterocycles. The minimum atomic E-state index is -0.883. The Bertz CT molecular complexity index is 817. The van der Waals surface area contributed by atoms with Gasteiger partial charge in [-0.1, -0.05) is 25.1 Å². The van der Waals surface area contributed by atoms with Crippen molar-refractivity contribution in [3.63, 3.8) is 0 Å². The number of carbonyl (C=O) groups is 3. The van der Waals surface area contributed by atoms with Crippen molar-refractivity contribution < 1.29 is 24.1 Å². The topological polar surface area (TPSA) is 101 Å². The summed E-state index contributed by atoms with van der Waals surface area (Å²) >= 11 is 0. The highest BCUT2D eigenvalue weighted by Crippen LogP contribution is 2.26. The van der Waals surface area contributed by atoms with Gasteiger partial charge in [0.1, 0.15) is 0 Å². The Morgan fingerprint density at radius 2 is 1.88 bits per heavy atom. The molecule has 0 aromatic heterocycles. The van der Waals surface area contributed by atoms with Gasteiger partial charge in [-0.3, -0.25) is 5.32 Å². The molecule has 0 spiro atoms. The molecule has 9 heteroatoms. The van der Waals surface area contributed by atoms with Crippen molar-refractivity contribution >= 4 is 29.6 Å². The van der Waals surface area contributed by atoms with Crippen molar-refractivity contribution in [3.8, 4) is 0 Å². The number of aliphatic imine (C=N–C) groups is 1. The van der Waals surface area contributed by atoms with E-state index in [0.29, 0.717) is 25.2 Å². The van der Waals surface area contributed by atoms with E-state index < -0.39 is 18.0 Å². The number of hydrogen-bond acceptors (Lipinski definition) is 7. The number of nitrogens with one attached hydrogen (secondary N) is 1. The first-order valence-electron chi connectivity index (χ1n) is 8.13. The molecule has 2 aliphatic rings. The lowest BCUT2D eigenvalue weighted by Gasteiger charge is -2.25. The zero-order valence-corrected chi connectivity index (χ0v) is 14.4. The SMILES string of the molecule is CCc1cccc(C)c1N1OC(=O)/C=C/C(=O)ON2CCN=C2NC1=O. The Kier molecular flexibility index (Phi) is 4.87. The van der Waals surface area contributed by atoms with Crippen LogP contribution < -0.4 is 10.4 Å². The lowest BCUT2D eigenvalue weighted by molar-refractivity contribution is -0.165. The number of hydroxylamine groups is 3. The maximum absolute atomic E-state index is 12.8. The van der Waals surface area contributed by atoms with Crippen LogP contribution >= 0.6 is 0 Å². The molecule has 3 rings (SSSR count). The van der Waals surface area contributed by atoms with E-state index in [1.165, 1.54) is 0 Å². The first-order chi connectivity index (χ1) is 12.5. The van der Waals surface area contributed by atoms with Crippen molar-refractivity contribution in [2.24, 2.45) is 4.99 Å². The molecular formula is C17H18N4O5. The van der Waals surface area contributed by atoms with Gasteiger partial charge in [0.05, 0.1) is 18.8 Å². The smallest absolute Gasteiger partial charge is 0.333 e. The van der Waals surface area contributed by atoms with Gasteiger partial charge in [0.2, 0.25) is 5.96 Å². The van der Waals surface area contributed by atoms with E-state index in [0.717, 1.165) is 33.4 Å². The Morgan fingerprint density at radius 1 is 1.15 bits per heavy atom. The molecular weight excluding hydrogens is 340 g/mol. The van der Waals surface area contributed by atoms with Crippen molar-refractivity contribution in [3.05, 3.63) is 41.5 Å². The van der Waals surface area contributed by atoms with Crippen LogP contribution in [0.5, 0.6) is 0 Å². The predicted octanol–water partition coefficient (Wildman–Crippen LogP) is 1.23. The molecule has 2 aliphatic heterocycles. The molecule has 1 N–H and O–H groups in total. The number of anilines is 1. The van der Waals surface area contributed by atoms with Crippen molar-refractivity contribution in [2.75, 3.05) is 18.2 Å². The Hall–Kier alpha value is -3.36. The Labute approximate surface area is 149 Å². The van der Waals surface area contributed by atoms with Crippen LogP contribution in [0.3, 0.4) is 0 Å². The number of guanidine groups is 1. The van der Waals surface area contributed by atoms with Crippen LogP contribution in [0.1, 0.15) is 18.1 Å². The summed E-state index contributed by atoms with van der Waals surface area (Å²) in [6.07, 6.45) is 2.47. The van der Waals surface area contributed by atoms with Gasteiger partial charge >= 0.3 is 18.0 Å². The monoisotopic (exact) mass is 358 g/mol. The molecule has 1 aromatic rings. The zero-order chi connectivity index (χ0) is 18.7. The van der Waals surface area contributed by atoms with Crippen LogP contribution in [0.15, 0.2) is 35.3 Å². The summed E-state index contributed by atoms with van der Waals surface area (Å²) < 4.78 is 0. The minimum Gasteiger partial charge on any atom is -0.333 e. The average Bonchev–Trinajstić information content (AvgIpc) is 3.03. The quantitative estimate of drug-likeness (QED) is 0.853. The normalized spacial score (nSPS) is 19.0. The molecule has 9 nitrogen and oxygen atoms in total. The summed E-state index contributed by atoms with van der Waals surface area (Å²) in [6, 6.07) is 4.79. The van der Waals surface area contributed by atoms with E-state index >= 15 is 0 Å². The summed E-state index contributed by atoms with van der Waals surface area (Å²) in [5.41, 5.74) is 2.04. The zero-order valence-electron chi connectivity index (χ0n) is 14.4. The molecule has 136 valence electrons. The third-order valence-corrected chi connectivity index (χ3v) is 3.85. The largest absolute Gasteiger partial charge is 0.362 e. The highest BCUT2D eigenvalue weighted by atomic mass is 16.7. The van der Waals surface area contributed by atoms with Crippen molar-refractivity contribution in [2.45, 2.75) is 20.3 Å². The molecule has 26 heavy (non-hydrogen) atoms. The second kappa shape index (κ2) is 7.26.